The van der Waals surface area contributed by atoms with Crippen LogP contribution in [0, 0.1) is 0 Å². The molecule has 1 saturated heterocycles. The van der Waals surface area contributed by atoms with Gasteiger partial charge in [-0.3, -0.25) is 0 Å². The summed E-state index contributed by atoms with van der Waals surface area (Å²) in [5.41, 5.74) is 0. The Labute approximate surface area is 92.3 Å². The molecule has 0 amide bonds. The fraction of sp³-hybridized carbons (Fsp3) is 1.00. The highest BCUT2D eigenvalue weighted by Crippen LogP contribution is 2.07. The largest absolute Gasteiger partial charge is 0.382 e. The Hall–Kier alpha value is -0.160. The van der Waals surface area contributed by atoms with Gasteiger partial charge in [0.15, 0.2) is 0 Å². The Balaban J connectivity index is 1.81. The Bertz CT molecular complexity index is 151. The second-order valence-corrected chi connectivity index (χ2v) is 3.86. The van der Waals surface area contributed by atoms with Crippen LogP contribution in [0.5, 0.6) is 0 Å². The smallest absolute Gasteiger partial charge is 0.104 e. The maximum atomic E-state index is 5.70. The lowest BCUT2D eigenvalue weighted by atomic mass is 10.3. The summed E-state index contributed by atoms with van der Waals surface area (Å²) in [5.74, 6) is 0. The summed E-state index contributed by atoms with van der Waals surface area (Å²) in [6, 6.07) is 0. The van der Waals surface area contributed by atoms with Crippen molar-refractivity contribution in [2.45, 2.75) is 32.5 Å². The number of nitrogens with one attached hydrogen (secondary N) is 1. The van der Waals surface area contributed by atoms with E-state index < -0.39 is 0 Å². The molecule has 1 aliphatic heterocycles. The average molecular weight is 217 g/mol. The van der Waals surface area contributed by atoms with Gasteiger partial charge < -0.3 is 19.5 Å². The first-order chi connectivity index (χ1) is 7.33. The molecule has 0 bridgehead atoms. The minimum atomic E-state index is 0.269. The molecule has 0 aromatic heterocycles. The zero-order chi connectivity index (χ0) is 10.9. The highest BCUT2D eigenvalue weighted by atomic mass is 16.6. The summed E-state index contributed by atoms with van der Waals surface area (Å²) in [5, 5.41) is 3.35. The molecule has 1 heterocycles. The zero-order valence-electron chi connectivity index (χ0n) is 9.83. The SMILES string of the molecule is CCOCCCNCC(C)OC1COC1. The van der Waals surface area contributed by atoms with E-state index in [2.05, 4.69) is 12.2 Å². The molecule has 1 rings (SSSR count). The van der Waals surface area contributed by atoms with Crippen LogP contribution in [0.15, 0.2) is 0 Å². The summed E-state index contributed by atoms with van der Waals surface area (Å²) >= 11 is 0. The molecule has 0 aromatic rings. The van der Waals surface area contributed by atoms with Crippen molar-refractivity contribution in [2.24, 2.45) is 0 Å². The monoisotopic (exact) mass is 217 g/mol. The lowest BCUT2D eigenvalue weighted by Gasteiger charge is -2.29. The summed E-state index contributed by atoms with van der Waals surface area (Å²) in [7, 11) is 0. The van der Waals surface area contributed by atoms with Gasteiger partial charge >= 0.3 is 0 Å². The molecule has 4 nitrogen and oxygen atoms in total. The highest BCUT2D eigenvalue weighted by Gasteiger charge is 2.20. The zero-order valence-corrected chi connectivity index (χ0v) is 9.83. The summed E-state index contributed by atoms with van der Waals surface area (Å²) < 4.78 is 16.0. The quantitative estimate of drug-likeness (QED) is 0.580. The molecular weight excluding hydrogens is 194 g/mol. The van der Waals surface area contributed by atoms with Crippen LogP contribution in [0.25, 0.3) is 0 Å². The molecule has 0 aromatic carbocycles. The van der Waals surface area contributed by atoms with Crippen molar-refractivity contribution < 1.29 is 14.2 Å². The second-order valence-electron chi connectivity index (χ2n) is 3.86. The number of hydrogen-bond donors (Lipinski definition) is 1. The Kier molecular flexibility index (Phi) is 6.92. The van der Waals surface area contributed by atoms with Crippen LogP contribution < -0.4 is 5.32 Å². The van der Waals surface area contributed by atoms with E-state index in [0.29, 0.717) is 6.10 Å². The van der Waals surface area contributed by atoms with Crippen molar-refractivity contribution >= 4 is 0 Å². The lowest BCUT2D eigenvalue weighted by molar-refractivity contribution is -0.149. The number of rotatable bonds is 9. The minimum absolute atomic E-state index is 0.269. The van der Waals surface area contributed by atoms with Crippen LogP contribution in [0.3, 0.4) is 0 Å². The molecule has 1 atom stereocenters. The molecule has 1 N–H and O–H groups in total. The molecule has 1 fully saturated rings. The normalized spacial score (nSPS) is 18.8. The van der Waals surface area contributed by atoms with Gasteiger partial charge in [0.2, 0.25) is 0 Å². The Morgan fingerprint density at radius 1 is 1.47 bits per heavy atom. The van der Waals surface area contributed by atoms with Gasteiger partial charge in [-0.2, -0.15) is 0 Å². The molecule has 0 spiro atoms. The first-order valence-electron chi connectivity index (χ1n) is 5.84. The van der Waals surface area contributed by atoms with Crippen LogP contribution in [0.2, 0.25) is 0 Å². The van der Waals surface area contributed by atoms with Gasteiger partial charge in [0.05, 0.1) is 19.3 Å². The van der Waals surface area contributed by atoms with E-state index in [9.17, 15) is 0 Å². The van der Waals surface area contributed by atoms with Crippen molar-refractivity contribution in [1.82, 2.24) is 5.32 Å². The topological polar surface area (TPSA) is 39.7 Å². The van der Waals surface area contributed by atoms with E-state index >= 15 is 0 Å². The van der Waals surface area contributed by atoms with E-state index in [-0.39, 0.29) is 6.10 Å². The first kappa shape index (κ1) is 12.9. The van der Waals surface area contributed by atoms with Gasteiger partial charge in [0.1, 0.15) is 6.10 Å². The molecule has 1 aliphatic rings. The maximum absolute atomic E-state index is 5.70. The van der Waals surface area contributed by atoms with Crippen molar-refractivity contribution in [1.29, 1.82) is 0 Å². The molecular formula is C11H23NO3. The van der Waals surface area contributed by atoms with E-state index in [0.717, 1.165) is 45.9 Å². The Morgan fingerprint density at radius 2 is 2.27 bits per heavy atom. The number of ether oxygens (including phenoxy) is 3. The summed E-state index contributed by atoms with van der Waals surface area (Å²) in [6.45, 7) is 9.18. The van der Waals surface area contributed by atoms with Crippen LogP contribution >= 0.6 is 0 Å². The van der Waals surface area contributed by atoms with Crippen molar-refractivity contribution in [3.8, 4) is 0 Å². The third-order valence-electron chi connectivity index (χ3n) is 2.31. The molecule has 1 unspecified atom stereocenters. The second kappa shape index (κ2) is 8.05. The minimum Gasteiger partial charge on any atom is -0.382 e. The summed E-state index contributed by atoms with van der Waals surface area (Å²) in [6.07, 6.45) is 1.66. The fourth-order valence-electron chi connectivity index (χ4n) is 1.42. The lowest BCUT2D eigenvalue weighted by Crippen LogP contribution is -2.41. The van der Waals surface area contributed by atoms with E-state index in [1.807, 2.05) is 6.92 Å². The molecule has 0 radical (unpaired) electrons. The van der Waals surface area contributed by atoms with Crippen LogP contribution in [0.1, 0.15) is 20.3 Å². The van der Waals surface area contributed by atoms with E-state index in [1.165, 1.54) is 0 Å². The predicted octanol–water partition coefficient (Wildman–Crippen LogP) is 0.807. The van der Waals surface area contributed by atoms with E-state index in [4.69, 9.17) is 14.2 Å². The highest BCUT2D eigenvalue weighted by molar-refractivity contribution is 4.67. The van der Waals surface area contributed by atoms with Crippen LogP contribution in [0.4, 0.5) is 0 Å². The number of hydrogen-bond acceptors (Lipinski definition) is 4. The fourth-order valence-corrected chi connectivity index (χ4v) is 1.42. The van der Waals surface area contributed by atoms with Crippen LogP contribution in [-0.2, 0) is 14.2 Å². The average Bonchev–Trinajstić information content (AvgIpc) is 2.17. The van der Waals surface area contributed by atoms with Gasteiger partial charge in [-0.05, 0) is 26.8 Å². The van der Waals surface area contributed by atoms with Crippen LogP contribution in [-0.4, -0.2) is 51.7 Å². The van der Waals surface area contributed by atoms with E-state index in [1.54, 1.807) is 0 Å². The predicted molar refractivity (Wildman–Crippen MR) is 59.1 cm³/mol. The van der Waals surface area contributed by atoms with Gasteiger partial charge in [-0.15, -0.1) is 0 Å². The third kappa shape index (κ3) is 6.10. The van der Waals surface area contributed by atoms with Gasteiger partial charge in [-0.1, -0.05) is 0 Å². The third-order valence-corrected chi connectivity index (χ3v) is 2.31. The molecule has 4 heteroatoms. The molecule has 15 heavy (non-hydrogen) atoms. The van der Waals surface area contributed by atoms with Gasteiger partial charge in [0, 0.05) is 19.8 Å². The van der Waals surface area contributed by atoms with Gasteiger partial charge in [0.25, 0.3) is 0 Å². The maximum Gasteiger partial charge on any atom is 0.104 e. The molecule has 0 saturated carbocycles. The van der Waals surface area contributed by atoms with Crippen molar-refractivity contribution in [3.63, 3.8) is 0 Å². The summed E-state index contributed by atoms with van der Waals surface area (Å²) in [4.78, 5) is 0. The standard InChI is InChI=1S/C11H23NO3/c1-3-13-6-4-5-12-7-10(2)15-11-8-14-9-11/h10-12H,3-9H2,1-2H3. The van der Waals surface area contributed by atoms with Gasteiger partial charge in [-0.25, -0.2) is 0 Å². The first-order valence-corrected chi connectivity index (χ1v) is 5.84. The van der Waals surface area contributed by atoms with Crippen molar-refractivity contribution in [3.05, 3.63) is 0 Å². The van der Waals surface area contributed by atoms with Crippen molar-refractivity contribution in [2.75, 3.05) is 39.5 Å². The Morgan fingerprint density at radius 3 is 2.87 bits per heavy atom. The molecule has 90 valence electrons. The molecule has 0 aliphatic carbocycles.